The Balaban J connectivity index is 1.44. The Morgan fingerprint density at radius 3 is 2.46 bits per heavy atom. The first-order valence-corrected chi connectivity index (χ1v) is 12.5. The van der Waals surface area contributed by atoms with E-state index in [1.807, 2.05) is 0 Å². The van der Waals surface area contributed by atoms with Gasteiger partial charge in [-0.25, -0.2) is 0 Å². The summed E-state index contributed by atoms with van der Waals surface area (Å²) in [6, 6.07) is 18.8. The first-order valence-electron chi connectivity index (χ1n) is 10.2. The van der Waals surface area contributed by atoms with Gasteiger partial charge in [0.2, 0.25) is 10.0 Å². The van der Waals surface area contributed by atoms with Crippen molar-refractivity contribution in [3.05, 3.63) is 94.8 Å². The quantitative estimate of drug-likeness (QED) is 0.159. The maximum Gasteiger partial charge on any atom is 0.266 e. The zero-order chi connectivity index (χ0) is 25.0. The number of rotatable bonds is 7. The standard InChI is InChI=1S/C24H17Cl3N2O4S2/c25-24(26,27)22(28-20(30)16-5-2-1-3-6-16)33-17-10-8-15(9-11-17)13-19-21(31)29(23(34)35-19)14-18-7-4-12-32-18/h1-13,22H,14H2,(H,28,30)/b19-13-. The van der Waals surface area contributed by atoms with Gasteiger partial charge in [0.15, 0.2) is 0 Å². The normalized spacial score (nSPS) is 16.0. The van der Waals surface area contributed by atoms with Gasteiger partial charge in [-0.15, -0.1) is 0 Å². The molecule has 2 aromatic carbocycles. The van der Waals surface area contributed by atoms with Crippen LogP contribution in [-0.2, 0) is 11.3 Å². The van der Waals surface area contributed by atoms with Crippen molar-refractivity contribution >= 4 is 81.0 Å². The third kappa shape index (κ3) is 6.59. The summed E-state index contributed by atoms with van der Waals surface area (Å²) in [5, 5.41) is 2.58. The highest BCUT2D eigenvalue weighted by Gasteiger charge is 2.36. The molecule has 6 nitrogen and oxygen atoms in total. The fraction of sp³-hybridized carbons (Fsp3) is 0.125. The highest BCUT2D eigenvalue weighted by molar-refractivity contribution is 8.26. The molecule has 1 aliphatic heterocycles. The van der Waals surface area contributed by atoms with Gasteiger partial charge in [0.05, 0.1) is 17.7 Å². The van der Waals surface area contributed by atoms with Crippen LogP contribution in [0.15, 0.2) is 82.3 Å². The Bertz CT molecular complexity index is 1240. The highest BCUT2D eigenvalue weighted by Crippen LogP contribution is 2.35. The summed E-state index contributed by atoms with van der Waals surface area (Å²) in [7, 11) is 0. The van der Waals surface area contributed by atoms with Gasteiger partial charge in [-0.05, 0) is 48.0 Å². The lowest BCUT2D eigenvalue weighted by Gasteiger charge is -2.26. The fourth-order valence-corrected chi connectivity index (χ4v) is 4.65. The van der Waals surface area contributed by atoms with Crippen LogP contribution in [0.2, 0.25) is 0 Å². The first kappa shape index (κ1) is 25.6. The Hall–Kier alpha value is -2.49. The second-order valence-corrected chi connectivity index (χ2v) is 11.3. The van der Waals surface area contributed by atoms with Crippen molar-refractivity contribution in [1.82, 2.24) is 10.2 Å². The van der Waals surface area contributed by atoms with Crippen LogP contribution < -0.4 is 10.1 Å². The molecule has 0 bridgehead atoms. The molecule has 4 rings (SSSR count). The van der Waals surface area contributed by atoms with E-state index >= 15 is 0 Å². The van der Waals surface area contributed by atoms with Crippen LogP contribution in [0.1, 0.15) is 21.7 Å². The maximum atomic E-state index is 12.8. The lowest BCUT2D eigenvalue weighted by atomic mass is 10.2. The Morgan fingerprint density at radius 2 is 1.83 bits per heavy atom. The number of hydrogen-bond donors (Lipinski definition) is 1. The van der Waals surface area contributed by atoms with Crippen LogP contribution in [0.5, 0.6) is 5.75 Å². The molecule has 11 heteroatoms. The van der Waals surface area contributed by atoms with E-state index in [4.69, 9.17) is 56.2 Å². The molecule has 1 atom stereocenters. The minimum Gasteiger partial charge on any atom is -0.467 e. The molecule has 3 aromatic rings. The van der Waals surface area contributed by atoms with Crippen molar-refractivity contribution in [2.75, 3.05) is 0 Å². The monoisotopic (exact) mass is 566 g/mol. The van der Waals surface area contributed by atoms with Crippen LogP contribution >= 0.6 is 58.8 Å². The van der Waals surface area contributed by atoms with Gasteiger partial charge in [0.25, 0.3) is 11.8 Å². The van der Waals surface area contributed by atoms with E-state index in [0.29, 0.717) is 26.3 Å². The molecule has 1 aliphatic rings. The smallest absolute Gasteiger partial charge is 0.266 e. The number of nitrogens with one attached hydrogen (secondary N) is 1. The summed E-state index contributed by atoms with van der Waals surface area (Å²) in [4.78, 5) is 27.3. The Morgan fingerprint density at radius 1 is 1.11 bits per heavy atom. The number of thioether (sulfide) groups is 1. The molecule has 1 unspecified atom stereocenters. The van der Waals surface area contributed by atoms with Crippen molar-refractivity contribution in [1.29, 1.82) is 0 Å². The molecule has 2 heterocycles. The maximum absolute atomic E-state index is 12.8. The number of benzene rings is 2. The predicted molar refractivity (Wildman–Crippen MR) is 142 cm³/mol. The molecule has 0 spiro atoms. The minimum atomic E-state index is -1.93. The van der Waals surface area contributed by atoms with Crippen molar-refractivity contribution < 1.29 is 18.7 Å². The van der Waals surface area contributed by atoms with Crippen LogP contribution in [0.4, 0.5) is 0 Å². The number of nitrogens with zero attached hydrogens (tertiary/aromatic N) is 1. The van der Waals surface area contributed by atoms with Crippen molar-refractivity contribution in [2.24, 2.45) is 0 Å². The molecular formula is C24H17Cl3N2O4S2. The molecule has 1 saturated heterocycles. The van der Waals surface area contributed by atoms with Crippen molar-refractivity contribution in [3.8, 4) is 5.75 Å². The van der Waals surface area contributed by atoms with Gasteiger partial charge in [-0.3, -0.25) is 14.5 Å². The molecule has 0 aliphatic carbocycles. The number of furan rings is 1. The summed E-state index contributed by atoms with van der Waals surface area (Å²) in [5.74, 6) is 0.357. The summed E-state index contributed by atoms with van der Waals surface area (Å²) in [5.41, 5.74) is 1.14. The molecular weight excluding hydrogens is 551 g/mol. The number of amides is 2. The topological polar surface area (TPSA) is 71.8 Å². The second kappa shape index (κ2) is 11.1. The lowest BCUT2D eigenvalue weighted by molar-refractivity contribution is -0.122. The molecule has 1 N–H and O–H groups in total. The largest absolute Gasteiger partial charge is 0.467 e. The number of carbonyl (C=O) groups excluding carboxylic acids is 2. The third-order valence-corrected chi connectivity index (χ3v) is 6.77. The summed E-state index contributed by atoms with van der Waals surface area (Å²) in [6.45, 7) is 0.273. The first-order chi connectivity index (χ1) is 16.7. The molecule has 0 saturated carbocycles. The zero-order valence-electron chi connectivity index (χ0n) is 17.8. The van der Waals surface area contributed by atoms with Crippen LogP contribution in [-0.4, -0.2) is 31.1 Å². The SMILES string of the molecule is O=C(NC(Oc1ccc(/C=C2\SC(=S)N(Cc3ccco3)C2=O)cc1)C(Cl)(Cl)Cl)c1ccccc1. The van der Waals surface area contributed by atoms with Crippen LogP contribution in [0.3, 0.4) is 0 Å². The number of halogens is 3. The molecule has 2 amide bonds. The average molecular weight is 568 g/mol. The van der Waals surface area contributed by atoms with Gasteiger partial charge in [-0.1, -0.05) is 89.1 Å². The van der Waals surface area contributed by atoms with Gasteiger partial charge in [-0.2, -0.15) is 0 Å². The number of ether oxygens (including phenoxy) is 1. The van der Waals surface area contributed by atoms with E-state index in [1.54, 1.807) is 79.1 Å². The van der Waals surface area contributed by atoms with E-state index < -0.39 is 15.9 Å². The van der Waals surface area contributed by atoms with E-state index in [2.05, 4.69) is 5.32 Å². The van der Waals surface area contributed by atoms with Gasteiger partial charge >= 0.3 is 0 Å². The van der Waals surface area contributed by atoms with Gasteiger partial charge in [0, 0.05) is 5.56 Å². The highest BCUT2D eigenvalue weighted by atomic mass is 35.6. The van der Waals surface area contributed by atoms with Gasteiger partial charge in [0.1, 0.15) is 15.8 Å². The van der Waals surface area contributed by atoms with Gasteiger partial charge < -0.3 is 14.5 Å². The predicted octanol–water partition coefficient (Wildman–Crippen LogP) is 6.19. The Labute approximate surface area is 226 Å². The number of alkyl halides is 3. The van der Waals surface area contributed by atoms with Crippen molar-refractivity contribution in [3.63, 3.8) is 0 Å². The number of carbonyl (C=O) groups is 2. The lowest BCUT2D eigenvalue weighted by Crippen LogP contribution is -2.47. The third-order valence-electron chi connectivity index (χ3n) is 4.79. The summed E-state index contributed by atoms with van der Waals surface area (Å²) in [6.07, 6.45) is 2.03. The number of thiocarbonyl (C=S) groups is 1. The van der Waals surface area contributed by atoms with E-state index in [9.17, 15) is 9.59 Å². The fourth-order valence-electron chi connectivity index (χ4n) is 3.09. The zero-order valence-corrected chi connectivity index (χ0v) is 21.7. The van der Waals surface area contributed by atoms with E-state index in [-0.39, 0.29) is 12.5 Å². The number of hydrogen-bond acceptors (Lipinski definition) is 6. The summed E-state index contributed by atoms with van der Waals surface area (Å²) < 4.78 is 9.59. The van der Waals surface area contributed by atoms with E-state index in [0.717, 1.165) is 5.56 Å². The summed E-state index contributed by atoms with van der Waals surface area (Å²) >= 11 is 24.7. The minimum absolute atomic E-state index is 0.198. The Kier molecular flexibility index (Phi) is 8.09. The van der Waals surface area contributed by atoms with E-state index in [1.165, 1.54) is 16.7 Å². The average Bonchev–Trinajstić information content (AvgIpc) is 3.44. The molecule has 1 fully saturated rings. The molecule has 180 valence electrons. The second-order valence-electron chi connectivity index (χ2n) is 7.30. The van der Waals surface area contributed by atoms with Crippen molar-refractivity contribution in [2.45, 2.75) is 16.6 Å². The molecule has 1 aromatic heterocycles. The molecule has 35 heavy (non-hydrogen) atoms. The van der Waals surface area contributed by atoms with Crippen LogP contribution in [0.25, 0.3) is 6.08 Å². The molecule has 0 radical (unpaired) electrons. The van der Waals surface area contributed by atoms with Crippen LogP contribution in [0, 0.1) is 0 Å².